The number of nitrogens with zero attached hydrogens (tertiary/aromatic N) is 2. The molecule has 0 spiro atoms. The Kier molecular flexibility index (Phi) is 5.18. The zero-order valence-electron chi connectivity index (χ0n) is 18.1. The van der Waals surface area contributed by atoms with Crippen molar-refractivity contribution in [2.75, 3.05) is 4.90 Å². The molecule has 0 bridgehead atoms. The molecule has 5 rings (SSSR count). The molecular weight excluding hydrogens is 460 g/mol. The Balaban J connectivity index is 1.79. The third-order valence-electron chi connectivity index (χ3n) is 5.85. The van der Waals surface area contributed by atoms with E-state index in [1.807, 2.05) is 24.3 Å². The molecule has 1 amide bonds. The quantitative estimate of drug-likeness (QED) is 0.350. The Labute approximate surface area is 198 Å². The monoisotopic (exact) mass is 478 g/mol. The number of Topliss-reactive ketones (excluding diaryl/α,β-unsaturated/α-hetero) is 1. The van der Waals surface area contributed by atoms with Crippen LogP contribution in [0.3, 0.4) is 0 Å². The zero-order valence-corrected chi connectivity index (χ0v) is 19.7. The van der Waals surface area contributed by atoms with Gasteiger partial charge in [-0.25, -0.2) is 4.98 Å². The molecule has 3 heterocycles. The summed E-state index contributed by atoms with van der Waals surface area (Å²) in [6.07, 6.45) is 0.864. The van der Waals surface area contributed by atoms with Crippen molar-refractivity contribution in [3.05, 3.63) is 90.7 Å². The first-order valence-electron chi connectivity index (χ1n) is 10.5. The number of amides is 1. The maximum atomic E-state index is 13.6. The number of hydrogen-bond donors (Lipinski definition) is 0. The topological polar surface area (TPSA) is 80.5 Å². The van der Waals surface area contributed by atoms with Crippen LogP contribution in [0, 0.1) is 6.92 Å². The van der Waals surface area contributed by atoms with Crippen LogP contribution < -0.4 is 10.3 Å². The van der Waals surface area contributed by atoms with Crippen molar-refractivity contribution in [1.82, 2.24) is 4.98 Å². The molecule has 166 valence electrons. The normalized spacial score (nSPS) is 15.3. The molecule has 1 atom stereocenters. The van der Waals surface area contributed by atoms with E-state index in [1.165, 1.54) is 11.8 Å². The summed E-state index contributed by atoms with van der Waals surface area (Å²) in [4.78, 5) is 45.7. The molecule has 33 heavy (non-hydrogen) atoms. The highest BCUT2D eigenvalue weighted by Crippen LogP contribution is 2.43. The van der Waals surface area contributed by atoms with Crippen molar-refractivity contribution in [1.29, 1.82) is 0 Å². The molecule has 0 N–H and O–H groups in total. The second kappa shape index (κ2) is 7.93. The fourth-order valence-corrected chi connectivity index (χ4v) is 5.37. The third kappa shape index (κ3) is 3.39. The first-order chi connectivity index (χ1) is 15.8. The van der Waals surface area contributed by atoms with Crippen LogP contribution in [0.1, 0.15) is 62.5 Å². The first kappa shape index (κ1) is 21.6. The number of carbonyl (C=O) groups excluding carboxylic acids is 2. The van der Waals surface area contributed by atoms with Gasteiger partial charge in [0.15, 0.2) is 16.3 Å². The lowest BCUT2D eigenvalue weighted by Crippen LogP contribution is -2.29. The predicted molar refractivity (Wildman–Crippen MR) is 129 cm³/mol. The van der Waals surface area contributed by atoms with Crippen LogP contribution in [0.2, 0.25) is 5.02 Å². The lowest BCUT2D eigenvalue weighted by atomic mass is 9.97. The van der Waals surface area contributed by atoms with Gasteiger partial charge in [0.2, 0.25) is 5.76 Å². The maximum Gasteiger partial charge on any atom is 0.297 e. The largest absolute Gasteiger partial charge is 0.450 e. The van der Waals surface area contributed by atoms with Crippen molar-refractivity contribution < 1.29 is 14.0 Å². The van der Waals surface area contributed by atoms with Crippen molar-refractivity contribution in [3.63, 3.8) is 0 Å². The van der Waals surface area contributed by atoms with Crippen LogP contribution in [0.15, 0.2) is 51.7 Å². The van der Waals surface area contributed by atoms with Crippen molar-refractivity contribution in [2.24, 2.45) is 0 Å². The van der Waals surface area contributed by atoms with Crippen molar-refractivity contribution in [3.8, 4) is 0 Å². The summed E-state index contributed by atoms with van der Waals surface area (Å²) >= 11 is 7.27. The molecule has 8 heteroatoms. The highest BCUT2D eigenvalue weighted by atomic mass is 35.5. The summed E-state index contributed by atoms with van der Waals surface area (Å²) in [5, 5.41) is 1.06. The molecule has 1 unspecified atom stereocenters. The van der Waals surface area contributed by atoms with Crippen LogP contribution in [0.5, 0.6) is 0 Å². The van der Waals surface area contributed by atoms with Crippen LogP contribution in [-0.2, 0) is 6.42 Å². The number of hydrogen-bond acceptors (Lipinski definition) is 6. The molecule has 1 aliphatic rings. The zero-order chi connectivity index (χ0) is 23.4. The van der Waals surface area contributed by atoms with E-state index in [-0.39, 0.29) is 28.1 Å². The molecule has 1 aliphatic heterocycles. The Morgan fingerprint density at radius 1 is 1.18 bits per heavy atom. The number of halogens is 1. The van der Waals surface area contributed by atoms with E-state index in [1.54, 1.807) is 25.1 Å². The Morgan fingerprint density at radius 3 is 2.55 bits per heavy atom. The van der Waals surface area contributed by atoms with E-state index < -0.39 is 11.9 Å². The third-order valence-corrected chi connectivity index (χ3v) is 7.34. The van der Waals surface area contributed by atoms with Gasteiger partial charge in [-0.3, -0.25) is 19.3 Å². The van der Waals surface area contributed by atoms with E-state index in [2.05, 4.69) is 11.9 Å². The van der Waals surface area contributed by atoms with Crippen molar-refractivity contribution in [2.45, 2.75) is 33.2 Å². The van der Waals surface area contributed by atoms with Gasteiger partial charge in [-0.1, -0.05) is 54.1 Å². The fourth-order valence-electron chi connectivity index (χ4n) is 4.21. The summed E-state index contributed by atoms with van der Waals surface area (Å²) in [6.45, 7) is 5.25. The number of rotatable bonds is 4. The number of anilines is 1. The molecule has 0 fully saturated rings. The van der Waals surface area contributed by atoms with E-state index in [4.69, 9.17) is 16.0 Å². The number of fused-ring (bicyclic) bond motifs is 2. The molecule has 0 saturated carbocycles. The smallest absolute Gasteiger partial charge is 0.297 e. The molecule has 2 aromatic heterocycles. The Hall–Kier alpha value is -3.29. The van der Waals surface area contributed by atoms with Gasteiger partial charge in [-0.05, 0) is 42.7 Å². The molecule has 0 aliphatic carbocycles. The number of aromatic nitrogens is 1. The fraction of sp³-hybridized carbons (Fsp3) is 0.200. The number of carbonyl (C=O) groups is 2. The van der Waals surface area contributed by atoms with E-state index in [0.29, 0.717) is 26.1 Å². The number of thiazole rings is 1. The molecule has 0 radical (unpaired) electrons. The highest BCUT2D eigenvalue weighted by molar-refractivity contribution is 7.17. The molecule has 2 aromatic carbocycles. The predicted octanol–water partition coefficient (Wildman–Crippen LogP) is 5.73. The average molecular weight is 479 g/mol. The van der Waals surface area contributed by atoms with Crippen LogP contribution >= 0.6 is 22.9 Å². The SMILES string of the molecule is CCc1ccc(C2c3c(oc4ccc(Cl)cc4c3=O)C(=O)N2c2nc(C)c(C(C)=O)s2)cc1. The van der Waals surface area contributed by atoms with Gasteiger partial charge in [0.25, 0.3) is 5.91 Å². The van der Waals surface area contributed by atoms with Gasteiger partial charge in [0, 0.05) is 11.9 Å². The van der Waals surface area contributed by atoms with Gasteiger partial charge in [0.05, 0.1) is 27.6 Å². The minimum absolute atomic E-state index is 0.0170. The summed E-state index contributed by atoms with van der Waals surface area (Å²) in [7, 11) is 0. The Morgan fingerprint density at radius 2 is 1.91 bits per heavy atom. The van der Waals surface area contributed by atoms with Crippen LogP contribution in [0.4, 0.5) is 5.13 Å². The second-order valence-electron chi connectivity index (χ2n) is 7.95. The van der Waals surface area contributed by atoms with E-state index >= 15 is 0 Å². The summed E-state index contributed by atoms with van der Waals surface area (Å²) < 4.78 is 5.95. The van der Waals surface area contributed by atoms with Gasteiger partial charge in [-0.15, -0.1) is 0 Å². The standard InChI is InChI=1S/C25H19ClN2O4S/c1-4-14-5-7-15(8-6-14)20-19-21(30)17-11-16(26)9-10-18(17)32-22(19)24(31)28(20)25-27-12(2)23(33-25)13(3)29/h5-11,20H,4H2,1-3H3. The van der Waals surface area contributed by atoms with Gasteiger partial charge in [-0.2, -0.15) is 0 Å². The Bertz CT molecular complexity index is 1500. The van der Waals surface area contributed by atoms with E-state index in [9.17, 15) is 14.4 Å². The molecule has 6 nitrogen and oxygen atoms in total. The lowest BCUT2D eigenvalue weighted by molar-refractivity contribution is 0.0969. The van der Waals surface area contributed by atoms with Crippen LogP contribution in [0.25, 0.3) is 11.0 Å². The van der Waals surface area contributed by atoms with Crippen LogP contribution in [-0.4, -0.2) is 16.7 Å². The average Bonchev–Trinajstić information content (AvgIpc) is 3.32. The van der Waals surface area contributed by atoms with Gasteiger partial charge >= 0.3 is 0 Å². The number of ketones is 1. The summed E-state index contributed by atoms with van der Waals surface area (Å²) in [5.74, 6) is -0.608. The van der Waals surface area contributed by atoms with Crippen molar-refractivity contribution >= 4 is 50.7 Å². The minimum Gasteiger partial charge on any atom is -0.450 e. The van der Waals surface area contributed by atoms with Gasteiger partial charge < -0.3 is 4.42 Å². The number of benzene rings is 2. The highest BCUT2D eigenvalue weighted by Gasteiger charge is 2.45. The molecule has 4 aromatic rings. The first-order valence-corrected chi connectivity index (χ1v) is 11.7. The van der Waals surface area contributed by atoms with Gasteiger partial charge in [0.1, 0.15) is 5.58 Å². The summed E-state index contributed by atoms with van der Waals surface area (Å²) in [5.41, 5.74) is 2.66. The molecular formula is C25H19ClN2O4S. The second-order valence-corrected chi connectivity index (χ2v) is 9.37. The van der Waals surface area contributed by atoms with E-state index in [0.717, 1.165) is 28.9 Å². The molecule has 0 saturated heterocycles. The summed E-state index contributed by atoms with van der Waals surface area (Å²) in [6, 6.07) is 11.8. The number of aryl methyl sites for hydroxylation is 2. The lowest BCUT2D eigenvalue weighted by Gasteiger charge is -2.22. The minimum atomic E-state index is -0.733. The maximum absolute atomic E-state index is 13.6.